The molecule has 0 unspecified atom stereocenters. The second-order valence-electron chi connectivity index (χ2n) is 4.24. The highest BCUT2D eigenvalue weighted by molar-refractivity contribution is 5.89. The van der Waals surface area contributed by atoms with Crippen molar-refractivity contribution < 1.29 is 19.1 Å². The molecule has 2 rings (SSSR count). The van der Waals surface area contributed by atoms with Gasteiger partial charge in [-0.3, -0.25) is 14.9 Å². The fourth-order valence-electron chi connectivity index (χ4n) is 2.03. The molecule has 0 saturated heterocycles. The van der Waals surface area contributed by atoms with Crippen molar-refractivity contribution in [1.29, 1.82) is 0 Å². The summed E-state index contributed by atoms with van der Waals surface area (Å²) in [4.78, 5) is 22.6. The summed E-state index contributed by atoms with van der Waals surface area (Å²) in [5, 5.41) is 11.4. The van der Waals surface area contributed by atoms with Crippen LogP contribution in [0.3, 0.4) is 0 Å². The van der Waals surface area contributed by atoms with Gasteiger partial charge in [0.05, 0.1) is 17.5 Å². The SMILES string of the molecule is COCOc1c(OC)c(=O)n(C)c2cc([N+](=O)[O-])ccc12. The molecule has 21 heavy (non-hydrogen) atoms. The van der Waals surface area contributed by atoms with Gasteiger partial charge in [-0.15, -0.1) is 0 Å². The third-order valence-electron chi connectivity index (χ3n) is 3.03. The third kappa shape index (κ3) is 2.52. The van der Waals surface area contributed by atoms with E-state index >= 15 is 0 Å². The summed E-state index contributed by atoms with van der Waals surface area (Å²) in [5.41, 5.74) is -0.182. The number of aryl methyl sites for hydroxylation is 1. The van der Waals surface area contributed by atoms with Crippen molar-refractivity contribution in [2.24, 2.45) is 7.05 Å². The van der Waals surface area contributed by atoms with Crippen LogP contribution in [0.2, 0.25) is 0 Å². The molecule has 1 aromatic heterocycles. The van der Waals surface area contributed by atoms with Crippen LogP contribution in [0, 0.1) is 10.1 Å². The van der Waals surface area contributed by atoms with E-state index in [0.717, 1.165) is 0 Å². The van der Waals surface area contributed by atoms with Crippen LogP contribution < -0.4 is 15.0 Å². The quantitative estimate of drug-likeness (QED) is 0.470. The Morgan fingerprint density at radius 3 is 2.57 bits per heavy atom. The number of benzene rings is 1. The maximum atomic E-state index is 12.2. The monoisotopic (exact) mass is 294 g/mol. The first-order valence-electron chi connectivity index (χ1n) is 5.98. The minimum Gasteiger partial charge on any atom is -0.488 e. The van der Waals surface area contributed by atoms with Crippen molar-refractivity contribution in [1.82, 2.24) is 4.57 Å². The summed E-state index contributed by atoms with van der Waals surface area (Å²) >= 11 is 0. The molecule has 0 spiro atoms. The Labute approximate surface area is 119 Å². The van der Waals surface area contributed by atoms with Gasteiger partial charge in [-0.05, 0) is 6.07 Å². The Morgan fingerprint density at radius 1 is 1.29 bits per heavy atom. The minimum absolute atomic E-state index is 0.0240. The molecular weight excluding hydrogens is 280 g/mol. The summed E-state index contributed by atoms with van der Waals surface area (Å²) in [6, 6.07) is 4.17. The molecule has 0 N–H and O–H groups in total. The number of ether oxygens (including phenoxy) is 3. The first-order chi connectivity index (χ1) is 10.0. The summed E-state index contributed by atoms with van der Waals surface area (Å²) in [5.74, 6) is 0.225. The van der Waals surface area contributed by atoms with E-state index < -0.39 is 10.5 Å². The first-order valence-corrected chi connectivity index (χ1v) is 5.98. The molecule has 0 aliphatic carbocycles. The fraction of sp³-hybridized carbons (Fsp3) is 0.308. The predicted octanol–water partition coefficient (Wildman–Crippen LogP) is 1.44. The number of non-ortho nitro benzene ring substituents is 1. The van der Waals surface area contributed by atoms with Gasteiger partial charge < -0.3 is 18.8 Å². The molecular formula is C13H14N2O6. The van der Waals surface area contributed by atoms with Crippen LogP contribution in [-0.2, 0) is 11.8 Å². The highest BCUT2D eigenvalue weighted by atomic mass is 16.7. The van der Waals surface area contributed by atoms with Crippen molar-refractivity contribution in [3.63, 3.8) is 0 Å². The third-order valence-corrected chi connectivity index (χ3v) is 3.03. The molecule has 112 valence electrons. The Hall–Kier alpha value is -2.61. The van der Waals surface area contributed by atoms with E-state index in [4.69, 9.17) is 14.2 Å². The zero-order valence-corrected chi connectivity index (χ0v) is 11.8. The van der Waals surface area contributed by atoms with E-state index in [9.17, 15) is 14.9 Å². The molecule has 0 aliphatic heterocycles. The maximum Gasteiger partial charge on any atom is 0.297 e. The van der Waals surface area contributed by atoms with Gasteiger partial charge >= 0.3 is 0 Å². The number of fused-ring (bicyclic) bond motifs is 1. The largest absolute Gasteiger partial charge is 0.488 e. The Bertz CT molecular complexity index is 752. The van der Waals surface area contributed by atoms with Gasteiger partial charge in [0, 0.05) is 31.7 Å². The number of nitro groups is 1. The number of aromatic nitrogens is 1. The molecule has 8 nitrogen and oxygen atoms in total. The van der Waals surface area contributed by atoms with Crippen molar-refractivity contribution in [2.45, 2.75) is 0 Å². The van der Waals surface area contributed by atoms with Crippen molar-refractivity contribution in [3.8, 4) is 11.5 Å². The number of rotatable bonds is 5. The van der Waals surface area contributed by atoms with Crippen LogP contribution in [-0.4, -0.2) is 30.5 Å². The fourth-order valence-corrected chi connectivity index (χ4v) is 2.03. The predicted molar refractivity (Wildman–Crippen MR) is 74.9 cm³/mol. The lowest BCUT2D eigenvalue weighted by Crippen LogP contribution is -2.20. The number of nitro benzene ring substituents is 1. The van der Waals surface area contributed by atoms with Gasteiger partial charge in [0.1, 0.15) is 0 Å². The molecule has 0 aliphatic rings. The molecule has 0 fully saturated rings. The van der Waals surface area contributed by atoms with E-state index in [-0.39, 0.29) is 24.0 Å². The number of hydrogen-bond donors (Lipinski definition) is 0. The summed E-state index contributed by atoms with van der Waals surface area (Å²) in [7, 11) is 4.31. The van der Waals surface area contributed by atoms with Crippen LogP contribution in [0.4, 0.5) is 5.69 Å². The van der Waals surface area contributed by atoms with Crippen LogP contribution >= 0.6 is 0 Å². The minimum atomic E-state index is -0.524. The Kier molecular flexibility index (Phi) is 4.08. The molecule has 0 radical (unpaired) electrons. The van der Waals surface area contributed by atoms with Crippen LogP contribution in [0.1, 0.15) is 0 Å². The Morgan fingerprint density at radius 2 is 2.00 bits per heavy atom. The second-order valence-corrected chi connectivity index (χ2v) is 4.24. The number of nitrogens with zero attached hydrogens (tertiary/aromatic N) is 2. The van der Waals surface area contributed by atoms with E-state index in [0.29, 0.717) is 10.9 Å². The number of hydrogen-bond acceptors (Lipinski definition) is 6. The van der Waals surface area contributed by atoms with E-state index in [2.05, 4.69) is 0 Å². The highest BCUT2D eigenvalue weighted by Gasteiger charge is 2.19. The molecule has 0 atom stereocenters. The summed E-state index contributed by atoms with van der Waals surface area (Å²) < 4.78 is 16.6. The zero-order valence-electron chi connectivity index (χ0n) is 11.8. The van der Waals surface area contributed by atoms with Gasteiger partial charge in [0.2, 0.25) is 5.75 Å². The number of pyridine rings is 1. The van der Waals surface area contributed by atoms with E-state index in [1.54, 1.807) is 0 Å². The Balaban J connectivity index is 2.81. The van der Waals surface area contributed by atoms with Crippen molar-refractivity contribution in [2.75, 3.05) is 21.0 Å². The van der Waals surface area contributed by atoms with Crippen LogP contribution in [0.15, 0.2) is 23.0 Å². The van der Waals surface area contributed by atoms with Gasteiger partial charge in [-0.25, -0.2) is 0 Å². The number of methoxy groups -OCH3 is 2. The molecule has 2 aromatic rings. The van der Waals surface area contributed by atoms with Crippen molar-refractivity contribution in [3.05, 3.63) is 38.7 Å². The van der Waals surface area contributed by atoms with Gasteiger partial charge in [0.15, 0.2) is 12.5 Å². The zero-order chi connectivity index (χ0) is 15.6. The highest BCUT2D eigenvalue weighted by Crippen LogP contribution is 2.33. The molecule has 0 bridgehead atoms. The average molecular weight is 294 g/mol. The lowest BCUT2D eigenvalue weighted by Gasteiger charge is -2.14. The summed E-state index contributed by atoms with van der Waals surface area (Å²) in [6.45, 7) is -0.0738. The van der Waals surface area contributed by atoms with E-state index in [1.807, 2.05) is 0 Å². The van der Waals surface area contributed by atoms with Gasteiger partial charge in [0.25, 0.3) is 11.2 Å². The van der Waals surface area contributed by atoms with E-state index in [1.165, 1.54) is 44.0 Å². The van der Waals surface area contributed by atoms with Crippen LogP contribution in [0.5, 0.6) is 11.5 Å². The average Bonchev–Trinajstić information content (AvgIpc) is 2.48. The summed E-state index contributed by atoms with van der Waals surface area (Å²) in [6.07, 6.45) is 0. The lowest BCUT2D eigenvalue weighted by molar-refractivity contribution is -0.384. The topological polar surface area (TPSA) is 92.8 Å². The standard InChI is InChI=1S/C13H14N2O6/c1-14-10-6-8(15(17)18)4-5-9(10)11(21-7-19-2)12(20-3)13(14)16/h4-6H,7H2,1-3H3. The second kappa shape index (κ2) is 5.80. The lowest BCUT2D eigenvalue weighted by atomic mass is 10.1. The van der Waals surface area contributed by atoms with Crippen molar-refractivity contribution >= 4 is 16.6 Å². The normalized spacial score (nSPS) is 10.6. The smallest absolute Gasteiger partial charge is 0.297 e. The molecule has 1 heterocycles. The molecule has 8 heteroatoms. The maximum absolute atomic E-state index is 12.2. The van der Waals surface area contributed by atoms with Gasteiger partial charge in [-0.2, -0.15) is 0 Å². The van der Waals surface area contributed by atoms with Gasteiger partial charge in [-0.1, -0.05) is 0 Å². The molecule has 0 amide bonds. The van der Waals surface area contributed by atoms with Crippen LogP contribution in [0.25, 0.3) is 10.9 Å². The molecule has 0 saturated carbocycles. The first kappa shape index (κ1) is 14.8. The molecule has 1 aromatic carbocycles.